The first-order chi connectivity index (χ1) is 15.7. The molecule has 0 unspecified atom stereocenters. The smallest absolute Gasteiger partial charge is 0.340 e. The summed E-state index contributed by atoms with van der Waals surface area (Å²) >= 11 is 0. The van der Waals surface area contributed by atoms with E-state index < -0.39 is 12.1 Å². The number of carbonyl (C=O) groups is 1. The molecule has 1 saturated carbocycles. The van der Waals surface area contributed by atoms with E-state index in [9.17, 15) is 18.0 Å². The SMILES string of the molecule is CN(CC1CC1)C(=O)c1cc2cc(-c3cc(-c4noc(C(F)(F)F)n4)ccn3)ncc2n1C. The fourth-order valence-electron chi connectivity index (χ4n) is 3.71. The molecule has 33 heavy (non-hydrogen) atoms. The Hall–Kier alpha value is -3.76. The number of carbonyl (C=O) groups excluding carboxylic acids is 1. The summed E-state index contributed by atoms with van der Waals surface area (Å²) in [5.41, 5.74) is 2.58. The quantitative estimate of drug-likeness (QED) is 0.448. The summed E-state index contributed by atoms with van der Waals surface area (Å²) in [5.74, 6) is -1.08. The zero-order valence-corrected chi connectivity index (χ0v) is 17.8. The topological polar surface area (TPSA) is 89.9 Å². The molecule has 1 fully saturated rings. The standard InChI is InChI=1S/C22H19F3N6O2/c1-30(11-12-3-4-12)20(32)17-9-14-8-16(27-10-18(14)31(17)2)15-7-13(5-6-26-15)19-28-21(33-29-19)22(23,24)25/h5-10,12H,3-4,11H2,1-2H3. The molecule has 1 aliphatic rings. The number of halogens is 3. The minimum absolute atomic E-state index is 0.0557. The summed E-state index contributed by atoms with van der Waals surface area (Å²) in [5, 5.41) is 4.22. The third kappa shape index (κ3) is 4.06. The zero-order chi connectivity index (χ0) is 23.3. The Labute approximate surface area is 186 Å². The van der Waals surface area contributed by atoms with Crippen LogP contribution in [0.1, 0.15) is 29.2 Å². The van der Waals surface area contributed by atoms with Crippen molar-refractivity contribution >= 4 is 16.8 Å². The first-order valence-electron chi connectivity index (χ1n) is 10.3. The van der Waals surface area contributed by atoms with Crippen molar-refractivity contribution < 1.29 is 22.5 Å². The first-order valence-corrected chi connectivity index (χ1v) is 10.3. The molecule has 0 bridgehead atoms. The van der Waals surface area contributed by atoms with E-state index in [2.05, 4.69) is 24.6 Å². The van der Waals surface area contributed by atoms with Crippen LogP contribution in [0.4, 0.5) is 13.2 Å². The molecule has 4 aromatic rings. The minimum Gasteiger partial charge on any atom is -0.340 e. The van der Waals surface area contributed by atoms with Crippen LogP contribution < -0.4 is 0 Å². The van der Waals surface area contributed by atoms with Crippen LogP contribution in [0, 0.1) is 5.92 Å². The summed E-state index contributed by atoms with van der Waals surface area (Å²) in [4.78, 5) is 26.8. The van der Waals surface area contributed by atoms with Crippen LogP contribution in [0.5, 0.6) is 0 Å². The summed E-state index contributed by atoms with van der Waals surface area (Å²) in [6.07, 6.45) is 0.684. The molecule has 170 valence electrons. The van der Waals surface area contributed by atoms with Crippen LogP contribution in [0.15, 0.2) is 41.2 Å². The van der Waals surface area contributed by atoms with Crippen LogP contribution >= 0.6 is 0 Å². The maximum atomic E-state index is 12.9. The highest BCUT2D eigenvalue weighted by Crippen LogP contribution is 2.32. The lowest BCUT2D eigenvalue weighted by Crippen LogP contribution is -2.30. The third-order valence-electron chi connectivity index (χ3n) is 5.67. The second-order valence-electron chi connectivity index (χ2n) is 8.20. The van der Waals surface area contributed by atoms with Gasteiger partial charge in [-0.15, -0.1) is 0 Å². The van der Waals surface area contributed by atoms with Crippen molar-refractivity contribution in [2.75, 3.05) is 13.6 Å². The van der Waals surface area contributed by atoms with Crippen LogP contribution in [0.3, 0.4) is 0 Å². The largest absolute Gasteiger partial charge is 0.471 e. The molecule has 0 N–H and O–H groups in total. The summed E-state index contributed by atoms with van der Waals surface area (Å²) < 4.78 is 44.4. The Balaban J connectivity index is 1.46. The Morgan fingerprint density at radius 3 is 2.67 bits per heavy atom. The molecule has 0 aromatic carbocycles. The van der Waals surface area contributed by atoms with Crippen LogP contribution in [-0.4, -0.2) is 49.1 Å². The van der Waals surface area contributed by atoms with Gasteiger partial charge in [-0.2, -0.15) is 18.2 Å². The molecule has 8 nitrogen and oxygen atoms in total. The molecular formula is C22H19F3N6O2. The lowest BCUT2D eigenvalue weighted by atomic mass is 10.1. The van der Waals surface area contributed by atoms with Gasteiger partial charge < -0.3 is 14.0 Å². The average Bonchev–Trinajstić information content (AvgIpc) is 3.33. The van der Waals surface area contributed by atoms with Crippen LogP contribution in [0.2, 0.25) is 0 Å². The molecule has 0 atom stereocenters. The summed E-state index contributed by atoms with van der Waals surface area (Å²) in [7, 11) is 3.62. The number of aromatic nitrogens is 5. The van der Waals surface area contributed by atoms with Gasteiger partial charge in [-0.25, -0.2) is 0 Å². The van der Waals surface area contributed by atoms with E-state index in [-0.39, 0.29) is 11.7 Å². The normalized spacial score (nSPS) is 14.1. The van der Waals surface area contributed by atoms with E-state index in [1.54, 1.807) is 28.8 Å². The van der Waals surface area contributed by atoms with E-state index in [4.69, 9.17) is 0 Å². The van der Waals surface area contributed by atoms with Crippen molar-refractivity contribution in [1.29, 1.82) is 0 Å². The molecule has 1 aliphatic carbocycles. The number of aryl methyl sites for hydroxylation is 1. The van der Waals surface area contributed by atoms with E-state index in [0.29, 0.717) is 28.6 Å². The second-order valence-corrected chi connectivity index (χ2v) is 8.20. The van der Waals surface area contributed by atoms with Crippen molar-refractivity contribution in [1.82, 2.24) is 29.6 Å². The van der Waals surface area contributed by atoms with E-state index in [0.717, 1.165) is 30.3 Å². The molecule has 1 amide bonds. The molecule has 5 rings (SSSR count). The number of rotatable bonds is 5. The van der Waals surface area contributed by atoms with Crippen LogP contribution in [0.25, 0.3) is 33.7 Å². The Bertz CT molecular complexity index is 1360. The maximum absolute atomic E-state index is 12.9. The number of hydrogen-bond acceptors (Lipinski definition) is 6. The van der Waals surface area contributed by atoms with Crippen molar-refractivity contribution in [3.8, 4) is 22.8 Å². The highest BCUT2D eigenvalue weighted by Gasteiger charge is 2.38. The predicted molar refractivity (Wildman–Crippen MR) is 112 cm³/mol. The third-order valence-corrected chi connectivity index (χ3v) is 5.67. The number of fused-ring (bicyclic) bond motifs is 1. The lowest BCUT2D eigenvalue weighted by Gasteiger charge is -2.17. The van der Waals surface area contributed by atoms with Gasteiger partial charge in [0, 0.05) is 37.8 Å². The van der Waals surface area contributed by atoms with E-state index >= 15 is 0 Å². The first kappa shape index (κ1) is 21.1. The van der Waals surface area contributed by atoms with Gasteiger partial charge in [-0.3, -0.25) is 14.8 Å². The molecule has 4 aromatic heterocycles. The van der Waals surface area contributed by atoms with Gasteiger partial charge in [-0.1, -0.05) is 5.16 Å². The average molecular weight is 456 g/mol. The number of nitrogens with zero attached hydrogens (tertiary/aromatic N) is 6. The number of amides is 1. The van der Waals surface area contributed by atoms with Gasteiger partial charge in [-0.05, 0) is 43.0 Å². The van der Waals surface area contributed by atoms with Crippen LogP contribution in [-0.2, 0) is 13.2 Å². The van der Waals surface area contributed by atoms with E-state index in [1.165, 1.54) is 18.3 Å². The zero-order valence-electron chi connectivity index (χ0n) is 17.8. The van der Waals surface area contributed by atoms with Gasteiger partial charge >= 0.3 is 12.1 Å². The van der Waals surface area contributed by atoms with Gasteiger partial charge in [0.2, 0.25) is 5.82 Å². The van der Waals surface area contributed by atoms with Gasteiger partial charge in [0.1, 0.15) is 5.69 Å². The lowest BCUT2D eigenvalue weighted by molar-refractivity contribution is -0.159. The molecule has 0 radical (unpaired) electrons. The molecule has 0 saturated heterocycles. The van der Waals surface area contributed by atoms with E-state index in [1.807, 2.05) is 13.1 Å². The Morgan fingerprint density at radius 1 is 1.21 bits per heavy atom. The number of hydrogen-bond donors (Lipinski definition) is 0. The highest BCUT2D eigenvalue weighted by molar-refractivity contribution is 5.99. The van der Waals surface area contributed by atoms with Crippen molar-refractivity contribution in [3.05, 3.63) is 48.2 Å². The van der Waals surface area contributed by atoms with Gasteiger partial charge in [0.05, 0.1) is 23.1 Å². The summed E-state index contributed by atoms with van der Waals surface area (Å²) in [6, 6.07) is 6.63. The maximum Gasteiger partial charge on any atom is 0.471 e. The molecule has 4 heterocycles. The molecule has 11 heteroatoms. The molecule has 0 spiro atoms. The van der Waals surface area contributed by atoms with Crippen molar-refractivity contribution in [3.63, 3.8) is 0 Å². The van der Waals surface area contributed by atoms with Crippen molar-refractivity contribution in [2.45, 2.75) is 19.0 Å². The van der Waals surface area contributed by atoms with Gasteiger partial charge in [0.15, 0.2) is 0 Å². The highest BCUT2D eigenvalue weighted by atomic mass is 19.4. The number of alkyl halides is 3. The Kier molecular flexibility index (Phi) is 4.91. The fraction of sp³-hybridized carbons (Fsp3) is 0.318. The van der Waals surface area contributed by atoms with Crippen molar-refractivity contribution in [2.24, 2.45) is 13.0 Å². The second kappa shape index (κ2) is 7.68. The Morgan fingerprint density at radius 2 is 1.97 bits per heavy atom. The monoisotopic (exact) mass is 456 g/mol. The molecular weight excluding hydrogens is 437 g/mol. The minimum atomic E-state index is -4.72. The number of pyridine rings is 2. The fourth-order valence-corrected chi connectivity index (χ4v) is 3.71. The summed E-state index contributed by atoms with van der Waals surface area (Å²) in [6.45, 7) is 0.743. The predicted octanol–water partition coefficient (Wildman–Crippen LogP) is 4.19. The molecule has 0 aliphatic heterocycles. The van der Waals surface area contributed by atoms with Gasteiger partial charge in [0.25, 0.3) is 5.91 Å².